The minimum Gasteiger partial charge on any atom is -0.465 e. The summed E-state index contributed by atoms with van der Waals surface area (Å²) < 4.78 is 10.1. The molecule has 1 fully saturated rings. The molecule has 5 nitrogen and oxygen atoms in total. The van der Waals surface area contributed by atoms with Crippen LogP contribution in [-0.4, -0.2) is 42.1 Å². The maximum atomic E-state index is 12.1. The van der Waals surface area contributed by atoms with Gasteiger partial charge in [-0.05, 0) is 26.3 Å². The molecule has 114 valence electrons. The fraction of sp³-hybridized carbons (Fsp3) is 0.500. The van der Waals surface area contributed by atoms with Crippen molar-refractivity contribution in [3.05, 3.63) is 35.9 Å². The van der Waals surface area contributed by atoms with E-state index in [2.05, 4.69) is 0 Å². The van der Waals surface area contributed by atoms with E-state index >= 15 is 0 Å². The van der Waals surface area contributed by atoms with E-state index in [1.165, 1.54) is 0 Å². The lowest BCUT2D eigenvalue weighted by atomic mass is 10.1. The van der Waals surface area contributed by atoms with Crippen LogP contribution in [0.25, 0.3) is 0 Å². The Kier molecular flexibility index (Phi) is 4.96. The number of hydrogen-bond donors (Lipinski definition) is 0. The van der Waals surface area contributed by atoms with Gasteiger partial charge in [0, 0.05) is 0 Å². The first-order valence-electron chi connectivity index (χ1n) is 7.27. The zero-order chi connectivity index (χ0) is 15.4. The SMILES string of the molecule is CCOC(=O)C(C)N1[C@H](C(=O)OCC)[C@H]1c1ccccc1. The summed E-state index contributed by atoms with van der Waals surface area (Å²) in [5.74, 6) is -0.604. The molecule has 0 aromatic heterocycles. The Balaban J connectivity index is 2.17. The molecule has 1 saturated heterocycles. The molecule has 0 saturated carbocycles. The maximum Gasteiger partial charge on any atom is 0.325 e. The van der Waals surface area contributed by atoms with Crippen LogP contribution in [0.5, 0.6) is 0 Å². The largest absolute Gasteiger partial charge is 0.465 e. The van der Waals surface area contributed by atoms with Crippen LogP contribution in [0.1, 0.15) is 32.4 Å². The number of carbonyl (C=O) groups is 2. The first kappa shape index (κ1) is 15.5. The Morgan fingerprint density at radius 3 is 2.33 bits per heavy atom. The van der Waals surface area contributed by atoms with E-state index in [0.29, 0.717) is 13.2 Å². The number of nitrogens with zero attached hydrogens (tertiary/aromatic N) is 1. The molecule has 0 bridgehead atoms. The fourth-order valence-electron chi connectivity index (χ4n) is 2.60. The summed E-state index contributed by atoms with van der Waals surface area (Å²) in [4.78, 5) is 25.8. The van der Waals surface area contributed by atoms with Crippen LogP contribution in [-0.2, 0) is 19.1 Å². The first-order valence-corrected chi connectivity index (χ1v) is 7.27. The molecule has 1 aliphatic heterocycles. The summed E-state index contributed by atoms with van der Waals surface area (Å²) in [5, 5.41) is 0. The van der Waals surface area contributed by atoms with E-state index in [1.807, 2.05) is 35.2 Å². The standard InChI is InChI=1S/C16H21NO4/c1-4-20-15(18)11(3)17-13(12-9-7-6-8-10-12)14(17)16(19)21-5-2/h6-11,13-14H,4-5H2,1-3H3/t11?,13-,14+,17?/m1/s1. The van der Waals surface area contributed by atoms with Crippen molar-refractivity contribution in [2.45, 2.75) is 38.9 Å². The normalized spacial score (nSPS) is 25.0. The zero-order valence-corrected chi connectivity index (χ0v) is 12.6. The third-order valence-electron chi connectivity index (χ3n) is 3.60. The summed E-state index contributed by atoms with van der Waals surface area (Å²) in [7, 11) is 0. The van der Waals surface area contributed by atoms with Gasteiger partial charge in [0.2, 0.25) is 0 Å². The van der Waals surface area contributed by atoms with Gasteiger partial charge >= 0.3 is 11.9 Å². The molecule has 4 atom stereocenters. The molecule has 1 aliphatic rings. The Hall–Kier alpha value is -1.88. The van der Waals surface area contributed by atoms with E-state index in [1.54, 1.807) is 20.8 Å². The molecule has 1 aromatic carbocycles. The van der Waals surface area contributed by atoms with Crippen LogP contribution >= 0.6 is 0 Å². The van der Waals surface area contributed by atoms with Gasteiger partial charge in [-0.15, -0.1) is 0 Å². The second-order valence-electron chi connectivity index (χ2n) is 4.93. The number of carbonyl (C=O) groups excluding carboxylic acids is 2. The summed E-state index contributed by atoms with van der Waals surface area (Å²) in [6, 6.07) is 8.67. The highest BCUT2D eigenvalue weighted by Gasteiger charge is 2.58. The van der Waals surface area contributed by atoms with Crippen LogP contribution in [0.2, 0.25) is 0 Å². The second-order valence-corrected chi connectivity index (χ2v) is 4.93. The van der Waals surface area contributed by atoms with Crippen molar-refractivity contribution in [2.24, 2.45) is 0 Å². The van der Waals surface area contributed by atoms with Gasteiger partial charge in [-0.3, -0.25) is 14.5 Å². The zero-order valence-electron chi connectivity index (χ0n) is 12.6. The summed E-state index contributed by atoms with van der Waals surface area (Å²) in [5.41, 5.74) is 1.01. The Bertz CT molecular complexity index is 502. The molecule has 2 unspecified atom stereocenters. The van der Waals surface area contributed by atoms with Crippen LogP contribution in [0.4, 0.5) is 0 Å². The Labute approximate surface area is 124 Å². The summed E-state index contributed by atoms with van der Waals surface area (Å²) in [6.07, 6.45) is 0. The average molecular weight is 291 g/mol. The highest BCUT2D eigenvalue weighted by molar-refractivity contribution is 5.84. The van der Waals surface area contributed by atoms with Crippen molar-refractivity contribution in [1.82, 2.24) is 4.90 Å². The summed E-state index contributed by atoms with van der Waals surface area (Å²) >= 11 is 0. The van der Waals surface area contributed by atoms with Gasteiger partial charge in [0.15, 0.2) is 0 Å². The number of rotatable bonds is 6. The Morgan fingerprint density at radius 1 is 1.14 bits per heavy atom. The molecule has 5 heteroatoms. The smallest absolute Gasteiger partial charge is 0.325 e. The molecule has 2 rings (SSSR count). The average Bonchev–Trinajstić information content (AvgIpc) is 3.23. The van der Waals surface area contributed by atoms with Gasteiger partial charge in [-0.2, -0.15) is 0 Å². The number of esters is 2. The topological polar surface area (TPSA) is 55.6 Å². The van der Waals surface area contributed by atoms with Gasteiger partial charge < -0.3 is 9.47 Å². The lowest BCUT2D eigenvalue weighted by molar-refractivity contribution is -0.148. The highest BCUT2D eigenvalue weighted by atomic mass is 16.5. The van der Waals surface area contributed by atoms with Gasteiger partial charge in [-0.1, -0.05) is 30.3 Å². The molecule has 1 aromatic rings. The second kappa shape index (κ2) is 6.72. The molecular formula is C16H21NO4. The van der Waals surface area contributed by atoms with Crippen LogP contribution in [0.3, 0.4) is 0 Å². The molecule has 0 aliphatic carbocycles. The maximum absolute atomic E-state index is 12.1. The predicted molar refractivity (Wildman–Crippen MR) is 77.5 cm³/mol. The minimum absolute atomic E-state index is 0.121. The molecule has 1 heterocycles. The molecule has 0 N–H and O–H groups in total. The van der Waals surface area contributed by atoms with E-state index < -0.39 is 12.1 Å². The van der Waals surface area contributed by atoms with Crippen molar-refractivity contribution in [3.8, 4) is 0 Å². The lowest BCUT2D eigenvalue weighted by Crippen LogP contribution is -2.31. The number of ether oxygens (including phenoxy) is 2. The van der Waals surface area contributed by atoms with E-state index in [4.69, 9.17) is 9.47 Å². The number of benzene rings is 1. The molecule has 0 radical (unpaired) electrons. The van der Waals surface area contributed by atoms with Crippen molar-refractivity contribution in [3.63, 3.8) is 0 Å². The highest BCUT2D eigenvalue weighted by Crippen LogP contribution is 2.45. The van der Waals surface area contributed by atoms with Crippen LogP contribution < -0.4 is 0 Å². The van der Waals surface area contributed by atoms with E-state index in [-0.39, 0.29) is 18.0 Å². The monoisotopic (exact) mass is 291 g/mol. The van der Waals surface area contributed by atoms with E-state index in [9.17, 15) is 9.59 Å². The molecule has 0 spiro atoms. The molecule has 0 amide bonds. The lowest BCUT2D eigenvalue weighted by Gasteiger charge is -2.13. The quantitative estimate of drug-likeness (QED) is 0.592. The fourth-order valence-corrected chi connectivity index (χ4v) is 2.60. The molecule has 21 heavy (non-hydrogen) atoms. The third kappa shape index (κ3) is 3.24. The van der Waals surface area contributed by atoms with Crippen LogP contribution in [0.15, 0.2) is 30.3 Å². The van der Waals surface area contributed by atoms with Crippen molar-refractivity contribution in [1.29, 1.82) is 0 Å². The van der Waals surface area contributed by atoms with Gasteiger partial charge in [0.25, 0.3) is 0 Å². The first-order chi connectivity index (χ1) is 10.1. The molecular weight excluding hydrogens is 270 g/mol. The third-order valence-corrected chi connectivity index (χ3v) is 3.60. The van der Waals surface area contributed by atoms with Crippen molar-refractivity contribution in [2.75, 3.05) is 13.2 Å². The van der Waals surface area contributed by atoms with Crippen LogP contribution in [0, 0.1) is 0 Å². The van der Waals surface area contributed by atoms with Crippen molar-refractivity contribution >= 4 is 11.9 Å². The summed E-state index contributed by atoms with van der Waals surface area (Å²) in [6.45, 7) is 5.96. The Morgan fingerprint density at radius 2 is 1.76 bits per heavy atom. The number of hydrogen-bond acceptors (Lipinski definition) is 5. The predicted octanol–water partition coefficient (Wildman–Crippen LogP) is 1.93. The van der Waals surface area contributed by atoms with Gasteiger partial charge in [0.05, 0.1) is 19.3 Å². The van der Waals surface area contributed by atoms with Gasteiger partial charge in [0.1, 0.15) is 12.1 Å². The van der Waals surface area contributed by atoms with Gasteiger partial charge in [-0.25, -0.2) is 0 Å². The minimum atomic E-state index is -0.468. The van der Waals surface area contributed by atoms with Crippen molar-refractivity contribution < 1.29 is 19.1 Å². The van der Waals surface area contributed by atoms with E-state index in [0.717, 1.165) is 5.56 Å².